The zero-order valence-corrected chi connectivity index (χ0v) is 13.4. The van der Waals surface area contributed by atoms with Crippen LogP contribution in [0.3, 0.4) is 0 Å². The fraction of sp³-hybridized carbons (Fsp3) is 0.400. The van der Waals surface area contributed by atoms with Crippen LogP contribution in [0, 0.1) is 12.8 Å². The molecule has 3 rings (SSSR count). The van der Waals surface area contributed by atoms with Crippen LogP contribution in [0.5, 0.6) is 0 Å². The molecule has 1 atom stereocenters. The molecule has 100 valence electrons. The van der Waals surface area contributed by atoms with Crippen molar-refractivity contribution in [1.82, 2.24) is 10.3 Å². The number of hydrogen-bond donors (Lipinski definition) is 1. The zero-order valence-electron chi connectivity index (χ0n) is 10.9. The van der Waals surface area contributed by atoms with E-state index in [4.69, 9.17) is 4.98 Å². The Kier molecular flexibility index (Phi) is 4.01. The molecule has 1 N–H and O–H groups in total. The summed E-state index contributed by atoms with van der Waals surface area (Å²) in [4.78, 5) is 4.82. The molecule has 0 saturated carbocycles. The maximum atomic E-state index is 4.82. The van der Waals surface area contributed by atoms with Gasteiger partial charge in [0.25, 0.3) is 0 Å². The van der Waals surface area contributed by atoms with Crippen molar-refractivity contribution in [1.29, 1.82) is 0 Å². The number of aryl methyl sites for hydroxylation is 1. The van der Waals surface area contributed by atoms with Gasteiger partial charge in [0.15, 0.2) is 0 Å². The Morgan fingerprint density at radius 2 is 2.37 bits per heavy atom. The zero-order chi connectivity index (χ0) is 13.2. The maximum Gasteiger partial charge on any atom is 0.123 e. The Balaban J connectivity index is 1.82. The molecule has 2 aromatic rings. The number of rotatable bonds is 3. The van der Waals surface area contributed by atoms with Gasteiger partial charge in [0.2, 0.25) is 0 Å². The standard InChI is InChI=1S/C15H17BrN2S/c1-10-2-3-12(16)7-14(10)15-18-13(9-19-15)6-11-4-5-17-8-11/h2-3,7,9,11,17H,4-6,8H2,1H3. The van der Waals surface area contributed by atoms with Gasteiger partial charge in [-0.3, -0.25) is 0 Å². The van der Waals surface area contributed by atoms with E-state index in [9.17, 15) is 0 Å². The largest absolute Gasteiger partial charge is 0.316 e. The van der Waals surface area contributed by atoms with E-state index in [1.807, 2.05) is 0 Å². The van der Waals surface area contributed by atoms with E-state index in [2.05, 4.69) is 51.7 Å². The molecule has 2 heterocycles. The van der Waals surface area contributed by atoms with Crippen LogP contribution in [0.15, 0.2) is 28.1 Å². The SMILES string of the molecule is Cc1ccc(Br)cc1-c1nc(CC2CCNC2)cs1. The van der Waals surface area contributed by atoms with Gasteiger partial charge in [-0.2, -0.15) is 0 Å². The maximum absolute atomic E-state index is 4.82. The number of thiazole rings is 1. The van der Waals surface area contributed by atoms with Crippen LogP contribution in [0.4, 0.5) is 0 Å². The number of halogens is 1. The molecule has 1 saturated heterocycles. The summed E-state index contributed by atoms with van der Waals surface area (Å²) in [6, 6.07) is 6.38. The Hall–Kier alpha value is -0.710. The van der Waals surface area contributed by atoms with Crippen LogP contribution >= 0.6 is 27.3 Å². The molecule has 2 nitrogen and oxygen atoms in total. The minimum atomic E-state index is 0.763. The van der Waals surface area contributed by atoms with Crippen molar-refractivity contribution in [3.63, 3.8) is 0 Å². The van der Waals surface area contributed by atoms with Crippen LogP contribution in [0.25, 0.3) is 10.6 Å². The third-order valence-corrected chi connectivity index (χ3v) is 5.06. The van der Waals surface area contributed by atoms with Gasteiger partial charge >= 0.3 is 0 Å². The van der Waals surface area contributed by atoms with E-state index >= 15 is 0 Å². The molecule has 19 heavy (non-hydrogen) atoms. The van der Waals surface area contributed by atoms with Crippen LogP contribution in [0.2, 0.25) is 0 Å². The van der Waals surface area contributed by atoms with E-state index < -0.39 is 0 Å². The van der Waals surface area contributed by atoms with Gasteiger partial charge in [0.1, 0.15) is 5.01 Å². The first-order valence-electron chi connectivity index (χ1n) is 6.64. The molecule has 1 aromatic heterocycles. The fourth-order valence-corrected chi connectivity index (χ4v) is 3.81. The molecule has 1 fully saturated rings. The monoisotopic (exact) mass is 336 g/mol. The Morgan fingerprint density at radius 3 is 3.16 bits per heavy atom. The molecular formula is C15H17BrN2S. The minimum absolute atomic E-state index is 0.763. The van der Waals surface area contributed by atoms with E-state index in [0.717, 1.165) is 34.9 Å². The average molecular weight is 337 g/mol. The van der Waals surface area contributed by atoms with Crippen molar-refractivity contribution in [2.24, 2.45) is 5.92 Å². The summed E-state index contributed by atoms with van der Waals surface area (Å²) in [5.41, 5.74) is 3.77. The molecule has 0 amide bonds. The summed E-state index contributed by atoms with van der Waals surface area (Å²) in [5, 5.41) is 6.77. The van der Waals surface area contributed by atoms with Crippen molar-refractivity contribution in [2.45, 2.75) is 19.8 Å². The summed E-state index contributed by atoms with van der Waals surface area (Å²) < 4.78 is 1.12. The normalized spacial score (nSPS) is 18.9. The quantitative estimate of drug-likeness (QED) is 0.915. The van der Waals surface area contributed by atoms with Crippen LogP contribution in [-0.4, -0.2) is 18.1 Å². The van der Waals surface area contributed by atoms with Gasteiger partial charge in [0, 0.05) is 15.4 Å². The molecule has 1 aliphatic rings. The van der Waals surface area contributed by atoms with Crippen molar-refractivity contribution in [3.8, 4) is 10.6 Å². The predicted molar refractivity (Wildman–Crippen MR) is 84.7 cm³/mol. The summed E-state index contributed by atoms with van der Waals surface area (Å²) in [7, 11) is 0. The molecule has 0 bridgehead atoms. The molecular weight excluding hydrogens is 320 g/mol. The van der Waals surface area contributed by atoms with E-state index in [1.54, 1.807) is 11.3 Å². The van der Waals surface area contributed by atoms with Gasteiger partial charge in [-0.05, 0) is 56.5 Å². The van der Waals surface area contributed by atoms with Crippen LogP contribution in [0.1, 0.15) is 17.7 Å². The number of nitrogens with zero attached hydrogens (tertiary/aromatic N) is 1. The van der Waals surface area contributed by atoms with Gasteiger partial charge < -0.3 is 5.32 Å². The first-order chi connectivity index (χ1) is 9.22. The topological polar surface area (TPSA) is 24.9 Å². The lowest BCUT2D eigenvalue weighted by Crippen LogP contribution is -2.10. The molecule has 4 heteroatoms. The lowest BCUT2D eigenvalue weighted by molar-refractivity contribution is 0.573. The lowest BCUT2D eigenvalue weighted by Gasteiger charge is -2.05. The summed E-state index contributed by atoms with van der Waals surface area (Å²) in [5.74, 6) is 0.763. The average Bonchev–Trinajstić information content (AvgIpc) is 3.04. The number of benzene rings is 1. The van der Waals surface area contributed by atoms with Gasteiger partial charge in [-0.1, -0.05) is 22.0 Å². The molecule has 0 spiro atoms. The lowest BCUT2D eigenvalue weighted by atomic mass is 10.0. The minimum Gasteiger partial charge on any atom is -0.316 e. The third-order valence-electron chi connectivity index (χ3n) is 3.64. The highest BCUT2D eigenvalue weighted by Crippen LogP contribution is 2.30. The van der Waals surface area contributed by atoms with Crippen molar-refractivity contribution in [3.05, 3.63) is 39.3 Å². The van der Waals surface area contributed by atoms with Crippen LogP contribution in [-0.2, 0) is 6.42 Å². The first kappa shape index (κ1) is 13.3. The van der Waals surface area contributed by atoms with Gasteiger partial charge in [0.05, 0.1) is 5.69 Å². The molecule has 1 unspecified atom stereocenters. The summed E-state index contributed by atoms with van der Waals surface area (Å²) in [6.07, 6.45) is 2.39. The molecule has 1 aliphatic heterocycles. The van der Waals surface area contributed by atoms with E-state index in [-0.39, 0.29) is 0 Å². The van der Waals surface area contributed by atoms with Crippen LogP contribution < -0.4 is 5.32 Å². The fourth-order valence-electron chi connectivity index (χ4n) is 2.53. The second-order valence-electron chi connectivity index (χ2n) is 5.17. The van der Waals surface area contributed by atoms with Crippen molar-refractivity contribution >= 4 is 27.3 Å². The third kappa shape index (κ3) is 3.07. The highest BCUT2D eigenvalue weighted by molar-refractivity contribution is 9.10. The number of hydrogen-bond acceptors (Lipinski definition) is 3. The van der Waals surface area contributed by atoms with Gasteiger partial charge in [-0.25, -0.2) is 4.98 Å². The van der Waals surface area contributed by atoms with Gasteiger partial charge in [-0.15, -0.1) is 11.3 Å². The molecule has 0 radical (unpaired) electrons. The Labute approximate surface area is 126 Å². The highest BCUT2D eigenvalue weighted by atomic mass is 79.9. The number of nitrogens with one attached hydrogen (secondary N) is 1. The smallest absolute Gasteiger partial charge is 0.123 e. The summed E-state index contributed by atoms with van der Waals surface area (Å²) >= 11 is 5.30. The van der Waals surface area contributed by atoms with E-state index in [0.29, 0.717) is 0 Å². The summed E-state index contributed by atoms with van der Waals surface area (Å²) in [6.45, 7) is 4.44. The van der Waals surface area contributed by atoms with Crippen molar-refractivity contribution < 1.29 is 0 Å². The molecule has 1 aromatic carbocycles. The van der Waals surface area contributed by atoms with Crippen molar-refractivity contribution in [2.75, 3.05) is 13.1 Å². The Bertz CT molecular complexity index is 573. The number of aromatic nitrogens is 1. The van der Waals surface area contributed by atoms with E-state index in [1.165, 1.54) is 23.2 Å². The Morgan fingerprint density at radius 1 is 1.47 bits per heavy atom. The highest BCUT2D eigenvalue weighted by Gasteiger charge is 2.17. The second kappa shape index (κ2) is 5.73. The second-order valence-corrected chi connectivity index (χ2v) is 6.94. The molecule has 0 aliphatic carbocycles. The predicted octanol–water partition coefficient (Wildman–Crippen LogP) is 4.03. The first-order valence-corrected chi connectivity index (χ1v) is 8.31.